The van der Waals surface area contributed by atoms with Crippen LogP contribution in [0.3, 0.4) is 0 Å². The van der Waals surface area contributed by atoms with Crippen LogP contribution in [0.25, 0.3) is 0 Å². The van der Waals surface area contributed by atoms with Crippen molar-refractivity contribution in [2.45, 2.75) is 75.5 Å². The summed E-state index contributed by atoms with van der Waals surface area (Å²) >= 11 is 3.73. The van der Waals surface area contributed by atoms with Gasteiger partial charge in [-0.1, -0.05) is 49.2 Å². The Balaban J connectivity index is 1.23. The van der Waals surface area contributed by atoms with Crippen LogP contribution in [0.1, 0.15) is 51.4 Å². The average molecular weight is 349 g/mol. The second-order valence-corrected chi connectivity index (χ2v) is 9.05. The van der Waals surface area contributed by atoms with Crippen LogP contribution in [0.5, 0.6) is 0 Å². The molecule has 3 heterocycles. The Morgan fingerprint density at radius 3 is 2.83 bits per heavy atom. The van der Waals surface area contributed by atoms with Gasteiger partial charge in [0, 0.05) is 11.4 Å². The molecule has 0 radical (unpaired) electrons. The van der Waals surface area contributed by atoms with Crippen molar-refractivity contribution < 1.29 is 0 Å². The summed E-state index contributed by atoms with van der Waals surface area (Å²) in [6.45, 7) is 0. The Bertz CT molecular complexity index is 585. The molecule has 0 aromatic rings. The Labute approximate surface area is 146 Å². The van der Waals surface area contributed by atoms with E-state index < -0.39 is 0 Å². The van der Waals surface area contributed by atoms with Gasteiger partial charge in [-0.25, -0.2) is 0 Å². The summed E-state index contributed by atoms with van der Waals surface area (Å²) in [4.78, 5) is 12.4. The Hall–Kier alpha value is -0.620. The molecule has 23 heavy (non-hydrogen) atoms. The van der Waals surface area contributed by atoms with Crippen LogP contribution >= 0.6 is 23.5 Å². The first-order chi connectivity index (χ1) is 11.4. The minimum Gasteiger partial charge on any atom is -0.360 e. The number of rotatable bonds is 2. The summed E-state index contributed by atoms with van der Waals surface area (Å²) in [7, 11) is 0. The minimum absolute atomic E-state index is 0.546. The monoisotopic (exact) mass is 348 g/mol. The number of amidine groups is 2. The lowest BCUT2D eigenvalue weighted by Crippen LogP contribution is -2.39. The van der Waals surface area contributed by atoms with Gasteiger partial charge in [-0.2, -0.15) is 0 Å². The molecule has 2 aliphatic carbocycles. The third kappa shape index (κ3) is 2.62. The van der Waals surface area contributed by atoms with E-state index in [-0.39, 0.29) is 0 Å². The van der Waals surface area contributed by atoms with Gasteiger partial charge in [-0.05, 0) is 31.1 Å². The molecule has 0 bridgehead atoms. The molecule has 5 aliphatic rings. The van der Waals surface area contributed by atoms with Gasteiger partial charge in [-0.15, -0.1) is 0 Å². The Morgan fingerprint density at radius 2 is 1.91 bits per heavy atom. The lowest BCUT2D eigenvalue weighted by atomic mass is 9.91. The molecular weight excluding hydrogens is 324 g/mol. The summed E-state index contributed by atoms with van der Waals surface area (Å²) in [6.07, 6.45) is 10.6. The van der Waals surface area contributed by atoms with E-state index in [1.54, 1.807) is 0 Å². The van der Waals surface area contributed by atoms with Gasteiger partial charge in [0.2, 0.25) is 0 Å². The summed E-state index contributed by atoms with van der Waals surface area (Å²) in [5, 5.41) is 8.42. The molecule has 2 saturated carbocycles. The summed E-state index contributed by atoms with van der Waals surface area (Å²) in [5.74, 6) is 1.03. The molecule has 0 spiro atoms. The number of nitrogens with one attached hydrogen (secondary N) is 1. The van der Waals surface area contributed by atoms with Crippen LogP contribution < -0.4 is 5.32 Å². The van der Waals surface area contributed by atoms with Gasteiger partial charge in [0.05, 0.1) is 24.2 Å². The Kier molecular flexibility index (Phi) is 3.85. The topological polar surface area (TPSA) is 40.0 Å². The van der Waals surface area contributed by atoms with E-state index in [0.29, 0.717) is 24.2 Å². The largest absolute Gasteiger partial charge is 0.360 e. The molecule has 4 atom stereocenters. The molecule has 0 amide bonds. The van der Waals surface area contributed by atoms with Crippen molar-refractivity contribution in [3.63, 3.8) is 0 Å². The van der Waals surface area contributed by atoms with E-state index in [4.69, 9.17) is 9.98 Å². The maximum absolute atomic E-state index is 4.96. The van der Waals surface area contributed by atoms with Crippen LogP contribution in [0.2, 0.25) is 0 Å². The minimum atomic E-state index is 0.546. The van der Waals surface area contributed by atoms with Crippen molar-refractivity contribution in [1.29, 1.82) is 0 Å². The smallest absolute Gasteiger partial charge is 0.168 e. The predicted molar refractivity (Wildman–Crippen MR) is 100 cm³/mol. The van der Waals surface area contributed by atoms with Crippen molar-refractivity contribution in [3.8, 4) is 0 Å². The Morgan fingerprint density at radius 1 is 1.09 bits per heavy atom. The van der Waals surface area contributed by atoms with E-state index in [0.717, 1.165) is 5.75 Å². The highest BCUT2D eigenvalue weighted by molar-refractivity contribution is 8.17. The molecule has 124 valence electrons. The second kappa shape index (κ2) is 6.03. The standard InChI is InChI=1S/C17H24N4S2/c1-2-6-13-12(5-1)18-16(19-13)22-9-11-10-23-17-20-14-7-3-4-8-15(14)21(11)17/h10,12-15H,1-9H2,(H,18,19)/t12-,13+,14-,15-/m1/s1. The number of nitrogens with zero attached hydrogens (tertiary/aromatic N) is 3. The SMILES string of the molecule is C1=C(CSC2=N[C@@H]3CCCC[C@@H]3N2)N2C(=N[C@@H]3CCCC[C@H]32)S1. The second-order valence-electron chi connectivity index (χ2n) is 7.25. The van der Waals surface area contributed by atoms with E-state index in [1.165, 1.54) is 67.4 Å². The van der Waals surface area contributed by atoms with Crippen LogP contribution in [-0.2, 0) is 0 Å². The summed E-state index contributed by atoms with van der Waals surface area (Å²) in [5.41, 5.74) is 1.45. The lowest BCUT2D eigenvalue weighted by Gasteiger charge is -2.31. The number of aliphatic imine (C=N–C) groups is 2. The zero-order chi connectivity index (χ0) is 15.2. The van der Waals surface area contributed by atoms with Gasteiger partial charge >= 0.3 is 0 Å². The van der Waals surface area contributed by atoms with Gasteiger partial charge in [0.25, 0.3) is 0 Å². The molecule has 3 aliphatic heterocycles. The van der Waals surface area contributed by atoms with Crippen molar-refractivity contribution in [3.05, 3.63) is 11.1 Å². The van der Waals surface area contributed by atoms with Gasteiger partial charge < -0.3 is 10.2 Å². The van der Waals surface area contributed by atoms with Crippen molar-refractivity contribution in [2.24, 2.45) is 9.98 Å². The third-order valence-corrected chi connectivity index (χ3v) is 7.64. The fraction of sp³-hybridized carbons (Fsp3) is 0.765. The third-order valence-electron chi connectivity index (χ3n) is 5.80. The molecule has 0 aromatic heterocycles. The molecule has 0 aromatic carbocycles. The fourth-order valence-corrected chi connectivity index (χ4v) is 6.65. The molecule has 2 fully saturated rings. The zero-order valence-corrected chi connectivity index (χ0v) is 15.0. The summed E-state index contributed by atoms with van der Waals surface area (Å²) < 4.78 is 0. The maximum Gasteiger partial charge on any atom is 0.168 e. The highest BCUT2D eigenvalue weighted by Crippen LogP contribution is 2.41. The van der Waals surface area contributed by atoms with Gasteiger partial charge in [0.1, 0.15) is 0 Å². The predicted octanol–water partition coefficient (Wildman–Crippen LogP) is 3.56. The molecule has 4 nitrogen and oxygen atoms in total. The van der Waals surface area contributed by atoms with E-state index in [2.05, 4.69) is 15.6 Å². The lowest BCUT2D eigenvalue weighted by molar-refractivity contribution is 0.285. The van der Waals surface area contributed by atoms with Crippen molar-refractivity contribution in [2.75, 3.05) is 5.75 Å². The molecule has 0 unspecified atom stereocenters. The normalized spacial score (nSPS) is 38.3. The van der Waals surface area contributed by atoms with E-state index in [1.807, 2.05) is 23.5 Å². The highest BCUT2D eigenvalue weighted by atomic mass is 32.2. The number of hydrogen-bond donors (Lipinski definition) is 1. The summed E-state index contributed by atoms with van der Waals surface area (Å²) in [6, 6.07) is 2.36. The van der Waals surface area contributed by atoms with Crippen LogP contribution in [0.15, 0.2) is 21.1 Å². The molecular formula is C17H24N4S2. The molecule has 0 saturated heterocycles. The highest BCUT2D eigenvalue weighted by Gasteiger charge is 2.41. The van der Waals surface area contributed by atoms with Crippen LogP contribution in [0, 0.1) is 0 Å². The zero-order valence-electron chi connectivity index (χ0n) is 13.4. The molecule has 6 heteroatoms. The molecule has 5 rings (SSSR count). The van der Waals surface area contributed by atoms with Gasteiger partial charge in [-0.3, -0.25) is 9.98 Å². The van der Waals surface area contributed by atoms with Crippen molar-refractivity contribution >= 4 is 33.9 Å². The van der Waals surface area contributed by atoms with E-state index in [9.17, 15) is 0 Å². The first-order valence-corrected chi connectivity index (χ1v) is 10.9. The van der Waals surface area contributed by atoms with Crippen LogP contribution in [-0.4, -0.2) is 45.2 Å². The maximum atomic E-state index is 4.96. The van der Waals surface area contributed by atoms with Crippen LogP contribution in [0.4, 0.5) is 0 Å². The van der Waals surface area contributed by atoms with Gasteiger partial charge in [0.15, 0.2) is 10.3 Å². The average Bonchev–Trinajstić information content (AvgIpc) is 3.25. The fourth-order valence-electron chi connectivity index (χ4n) is 4.60. The molecule has 1 N–H and O–H groups in total. The number of thioether (sulfide) groups is 2. The number of hydrogen-bond acceptors (Lipinski definition) is 6. The van der Waals surface area contributed by atoms with Crippen molar-refractivity contribution in [1.82, 2.24) is 10.2 Å². The number of fused-ring (bicyclic) bond motifs is 4. The quantitative estimate of drug-likeness (QED) is 0.828. The van der Waals surface area contributed by atoms with E-state index >= 15 is 0 Å². The first-order valence-electron chi connectivity index (χ1n) is 9.08. The first kappa shape index (κ1) is 14.7.